The van der Waals surface area contributed by atoms with Crippen molar-refractivity contribution in [1.82, 2.24) is 5.32 Å². The molecule has 2 amide bonds. The molecule has 0 atom stereocenters. The highest BCUT2D eigenvalue weighted by molar-refractivity contribution is 6.36. The first-order valence-electron chi connectivity index (χ1n) is 4.52. The number of carbonyl (C=O) groups excluding carboxylic acids is 2. The number of hydrogen-bond donors (Lipinski definition) is 1. The summed E-state index contributed by atoms with van der Waals surface area (Å²) >= 11 is 0. The maximum Gasteiger partial charge on any atom is 0.259 e. The normalized spacial score (nSPS) is 15.5. The second-order valence-electron chi connectivity index (χ2n) is 3.14. The molecule has 0 aliphatic carbocycles. The molecule has 0 fully saturated rings. The Bertz CT molecular complexity index is 472. The van der Waals surface area contributed by atoms with Gasteiger partial charge in [-0.3, -0.25) is 14.9 Å². The maximum absolute atomic E-state index is 11.5. The molecular weight excluding hydrogens is 190 g/mol. The summed E-state index contributed by atoms with van der Waals surface area (Å²) in [6, 6.07) is 9.07. The van der Waals surface area contributed by atoms with E-state index < -0.39 is 0 Å². The van der Waals surface area contributed by atoms with Gasteiger partial charge in [0.05, 0.1) is 11.1 Å². The van der Waals surface area contributed by atoms with Crippen molar-refractivity contribution < 1.29 is 9.59 Å². The van der Waals surface area contributed by atoms with E-state index in [4.69, 9.17) is 0 Å². The minimum atomic E-state index is -0.381. The lowest BCUT2D eigenvalue weighted by Gasteiger charge is -1.99. The lowest BCUT2D eigenvalue weighted by atomic mass is 10.0. The van der Waals surface area contributed by atoms with E-state index in [1.807, 2.05) is 18.2 Å². The molecule has 2 rings (SSSR count). The van der Waals surface area contributed by atoms with Gasteiger partial charge in [0.15, 0.2) is 0 Å². The van der Waals surface area contributed by atoms with Crippen molar-refractivity contribution in [2.45, 2.75) is 0 Å². The highest BCUT2D eigenvalue weighted by atomic mass is 16.2. The average molecular weight is 199 g/mol. The molecule has 1 N–H and O–H groups in total. The Hall–Kier alpha value is -2.16. The van der Waals surface area contributed by atoms with Crippen LogP contribution in [0.3, 0.4) is 0 Å². The van der Waals surface area contributed by atoms with Crippen LogP contribution >= 0.6 is 0 Å². The third-order valence-electron chi connectivity index (χ3n) is 2.23. The van der Waals surface area contributed by atoms with Gasteiger partial charge in [0, 0.05) is 0 Å². The fraction of sp³-hybridized carbons (Fsp3) is 0. The number of rotatable bonds is 2. The lowest BCUT2D eigenvalue weighted by molar-refractivity contribution is -0.123. The van der Waals surface area contributed by atoms with Crippen LogP contribution in [-0.2, 0) is 9.59 Å². The molecule has 3 heteroatoms. The molecular formula is C12H9NO2. The Kier molecular flexibility index (Phi) is 2.21. The van der Waals surface area contributed by atoms with Crippen LogP contribution in [0.2, 0.25) is 0 Å². The number of carbonyl (C=O) groups is 2. The molecule has 0 saturated carbocycles. The summed E-state index contributed by atoms with van der Waals surface area (Å²) < 4.78 is 0. The molecule has 1 heterocycles. The third-order valence-corrected chi connectivity index (χ3v) is 2.23. The summed E-state index contributed by atoms with van der Waals surface area (Å²) in [4.78, 5) is 22.9. The quantitative estimate of drug-likeness (QED) is 0.729. The van der Waals surface area contributed by atoms with E-state index in [0.717, 1.165) is 5.56 Å². The van der Waals surface area contributed by atoms with Gasteiger partial charge in [-0.25, -0.2) is 0 Å². The van der Waals surface area contributed by atoms with Crippen LogP contribution < -0.4 is 5.32 Å². The molecule has 1 aromatic carbocycles. The first-order valence-corrected chi connectivity index (χ1v) is 4.52. The fourth-order valence-corrected chi connectivity index (χ4v) is 1.55. The summed E-state index contributed by atoms with van der Waals surface area (Å²) in [6.45, 7) is 3.53. The minimum Gasteiger partial charge on any atom is -0.288 e. The Morgan fingerprint density at radius 1 is 1.07 bits per heavy atom. The van der Waals surface area contributed by atoms with Gasteiger partial charge in [-0.2, -0.15) is 0 Å². The van der Waals surface area contributed by atoms with Gasteiger partial charge in [-0.1, -0.05) is 43.0 Å². The van der Waals surface area contributed by atoms with Gasteiger partial charge in [0.2, 0.25) is 0 Å². The van der Waals surface area contributed by atoms with Crippen molar-refractivity contribution in [2.24, 2.45) is 0 Å². The van der Waals surface area contributed by atoms with E-state index in [1.54, 1.807) is 12.1 Å². The molecule has 0 bridgehead atoms. The molecule has 1 aromatic rings. The number of nitrogens with one attached hydrogen (secondary N) is 1. The highest BCUT2D eigenvalue weighted by Crippen LogP contribution is 2.23. The summed E-state index contributed by atoms with van der Waals surface area (Å²) in [5.74, 6) is -0.741. The average Bonchev–Trinajstić information content (AvgIpc) is 2.54. The van der Waals surface area contributed by atoms with E-state index in [9.17, 15) is 9.59 Å². The Morgan fingerprint density at radius 3 is 2.33 bits per heavy atom. The Balaban J connectivity index is 2.60. The van der Waals surface area contributed by atoms with E-state index in [2.05, 4.69) is 11.9 Å². The van der Waals surface area contributed by atoms with Crippen LogP contribution in [0, 0.1) is 0 Å². The van der Waals surface area contributed by atoms with Gasteiger partial charge in [0.1, 0.15) is 0 Å². The minimum absolute atomic E-state index is 0.339. The van der Waals surface area contributed by atoms with Gasteiger partial charge in [-0.15, -0.1) is 0 Å². The van der Waals surface area contributed by atoms with Crippen LogP contribution in [0.1, 0.15) is 5.56 Å². The first kappa shape index (κ1) is 9.40. The molecule has 15 heavy (non-hydrogen) atoms. The highest BCUT2D eigenvalue weighted by Gasteiger charge is 2.28. The van der Waals surface area contributed by atoms with Gasteiger partial charge in [0.25, 0.3) is 11.8 Å². The van der Waals surface area contributed by atoms with Gasteiger partial charge < -0.3 is 0 Å². The molecule has 0 spiro atoms. The van der Waals surface area contributed by atoms with E-state index in [-0.39, 0.29) is 11.8 Å². The lowest BCUT2D eigenvalue weighted by Crippen LogP contribution is -2.22. The summed E-state index contributed by atoms with van der Waals surface area (Å²) in [5, 5.41) is 2.24. The maximum atomic E-state index is 11.5. The molecule has 0 radical (unpaired) electrons. The van der Waals surface area contributed by atoms with Crippen LogP contribution in [0.15, 0.2) is 48.6 Å². The smallest absolute Gasteiger partial charge is 0.259 e. The molecule has 3 nitrogen and oxygen atoms in total. The molecule has 74 valence electrons. The zero-order chi connectivity index (χ0) is 10.8. The van der Waals surface area contributed by atoms with Crippen molar-refractivity contribution in [3.63, 3.8) is 0 Å². The summed E-state index contributed by atoms with van der Waals surface area (Å²) in [6.07, 6.45) is 1.41. The zero-order valence-corrected chi connectivity index (χ0v) is 7.99. The molecule has 1 aliphatic heterocycles. The molecule has 1 aliphatic rings. The Labute approximate surface area is 87.1 Å². The topological polar surface area (TPSA) is 46.2 Å². The number of hydrogen-bond acceptors (Lipinski definition) is 2. The van der Waals surface area contributed by atoms with Crippen molar-refractivity contribution in [2.75, 3.05) is 0 Å². The second kappa shape index (κ2) is 3.53. The summed E-state index contributed by atoms with van der Waals surface area (Å²) in [7, 11) is 0. The SMILES string of the molecule is C=CC1=C(c2ccccc2)C(=O)NC1=O. The summed E-state index contributed by atoms with van der Waals surface area (Å²) in [5.41, 5.74) is 1.47. The first-order chi connectivity index (χ1) is 7.24. The predicted molar refractivity (Wildman–Crippen MR) is 56.7 cm³/mol. The van der Waals surface area contributed by atoms with Crippen LogP contribution in [0.4, 0.5) is 0 Å². The van der Waals surface area contributed by atoms with Crippen LogP contribution in [0.25, 0.3) is 5.57 Å². The van der Waals surface area contributed by atoms with Crippen LogP contribution in [-0.4, -0.2) is 11.8 Å². The van der Waals surface area contributed by atoms with Crippen molar-refractivity contribution >= 4 is 17.4 Å². The Morgan fingerprint density at radius 2 is 1.73 bits per heavy atom. The standard InChI is InChI=1S/C12H9NO2/c1-2-9-10(12(15)13-11(9)14)8-6-4-3-5-7-8/h2-7H,1H2,(H,13,14,15). The predicted octanol–water partition coefficient (Wildman–Crippen LogP) is 1.28. The second-order valence-corrected chi connectivity index (χ2v) is 3.14. The van der Waals surface area contributed by atoms with Crippen molar-refractivity contribution in [3.05, 3.63) is 54.1 Å². The van der Waals surface area contributed by atoms with Gasteiger partial charge in [-0.05, 0) is 5.56 Å². The van der Waals surface area contributed by atoms with E-state index >= 15 is 0 Å². The third kappa shape index (κ3) is 1.48. The van der Waals surface area contributed by atoms with Gasteiger partial charge >= 0.3 is 0 Å². The number of amides is 2. The molecule has 0 aromatic heterocycles. The monoisotopic (exact) mass is 199 g/mol. The molecule has 0 saturated heterocycles. The number of imide groups is 1. The van der Waals surface area contributed by atoms with E-state index in [1.165, 1.54) is 6.08 Å². The fourth-order valence-electron chi connectivity index (χ4n) is 1.55. The van der Waals surface area contributed by atoms with E-state index in [0.29, 0.717) is 11.1 Å². The largest absolute Gasteiger partial charge is 0.288 e. The molecule has 0 unspecified atom stereocenters. The number of benzene rings is 1. The zero-order valence-electron chi connectivity index (χ0n) is 7.99. The van der Waals surface area contributed by atoms with Crippen molar-refractivity contribution in [1.29, 1.82) is 0 Å². The van der Waals surface area contributed by atoms with Crippen molar-refractivity contribution in [3.8, 4) is 0 Å². The van der Waals surface area contributed by atoms with Crippen LogP contribution in [0.5, 0.6) is 0 Å².